The van der Waals surface area contributed by atoms with Crippen molar-refractivity contribution in [3.63, 3.8) is 0 Å². The summed E-state index contributed by atoms with van der Waals surface area (Å²) in [6.45, 7) is 3.42. The van der Waals surface area contributed by atoms with Crippen LogP contribution in [0, 0.1) is 6.92 Å². The molecule has 0 unspecified atom stereocenters. The van der Waals surface area contributed by atoms with Crippen LogP contribution in [-0.2, 0) is 13.1 Å². The van der Waals surface area contributed by atoms with Crippen LogP contribution < -0.4 is 10.6 Å². The molecular weight excluding hydrogens is 286 g/mol. The molecule has 0 aliphatic rings. The highest BCUT2D eigenvalue weighted by Crippen LogP contribution is 2.10. The van der Waals surface area contributed by atoms with Crippen LogP contribution in [-0.4, -0.2) is 15.0 Å². The largest absolute Gasteiger partial charge is 0.366 e. The van der Waals surface area contributed by atoms with Gasteiger partial charge in [0, 0.05) is 18.9 Å². The summed E-state index contributed by atoms with van der Waals surface area (Å²) in [4.78, 5) is 13.0. The van der Waals surface area contributed by atoms with Crippen molar-refractivity contribution >= 4 is 11.8 Å². The first-order chi connectivity index (χ1) is 11.3. The van der Waals surface area contributed by atoms with Crippen molar-refractivity contribution in [2.75, 3.05) is 10.6 Å². The third kappa shape index (κ3) is 4.51. The van der Waals surface area contributed by atoms with Crippen LogP contribution in [0.3, 0.4) is 0 Å². The fraction of sp³-hybridized carbons (Fsp3) is 0.167. The molecule has 116 valence electrons. The first-order valence-corrected chi connectivity index (χ1v) is 7.56. The van der Waals surface area contributed by atoms with Gasteiger partial charge in [0.25, 0.3) is 0 Å². The molecule has 3 rings (SSSR count). The zero-order chi connectivity index (χ0) is 15.9. The molecule has 23 heavy (non-hydrogen) atoms. The van der Waals surface area contributed by atoms with E-state index in [1.807, 2.05) is 24.3 Å². The van der Waals surface area contributed by atoms with E-state index in [2.05, 4.69) is 56.8 Å². The maximum absolute atomic E-state index is 4.46. The Morgan fingerprint density at radius 3 is 2.65 bits per heavy atom. The van der Waals surface area contributed by atoms with Gasteiger partial charge in [-0.3, -0.25) is 4.98 Å². The first kappa shape index (κ1) is 15.0. The quantitative estimate of drug-likeness (QED) is 0.731. The van der Waals surface area contributed by atoms with E-state index in [1.54, 1.807) is 12.4 Å². The van der Waals surface area contributed by atoms with E-state index in [0.717, 1.165) is 18.1 Å². The Labute approximate surface area is 135 Å². The van der Waals surface area contributed by atoms with Crippen molar-refractivity contribution in [1.29, 1.82) is 0 Å². The average molecular weight is 305 g/mol. The van der Waals surface area contributed by atoms with Crippen molar-refractivity contribution < 1.29 is 0 Å². The van der Waals surface area contributed by atoms with Crippen LogP contribution in [0.1, 0.15) is 16.8 Å². The van der Waals surface area contributed by atoms with Gasteiger partial charge in [0.05, 0.1) is 12.2 Å². The number of hydrogen-bond donors (Lipinski definition) is 2. The van der Waals surface area contributed by atoms with Gasteiger partial charge in [0.15, 0.2) is 0 Å². The molecule has 0 amide bonds. The molecule has 3 aromatic rings. The van der Waals surface area contributed by atoms with Crippen LogP contribution in [0.4, 0.5) is 11.8 Å². The van der Waals surface area contributed by atoms with Gasteiger partial charge in [-0.1, -0.05) is 35.9 Å². The summed E-state index contributed by atoms with van der Waals surface area (Å²) in [7, 11) is 0. The van der Waals surface area contributed by atoms with Crippen LogP contribution in [0.15, 0.2) is 60.9 Å². The Kier molecular flexibility index (Phi) is 4.79. The van der Waals surface area contributed by atoms with E-state index in [-0.39, 0.29) is 0 Å². The summed E-state index contributed by atoms with van der Waals surface area (Å²) in [6.07, 6.45) is 3.52. The van der Waals surface area contributed by atoms with E-state index >= 15 is 0 Å². The normalized spacial score (nSPS) is 10.3. The number of aromatic nitrogens is 3. The lowest BCUT2D eigenvalue weighted by atomic mass is 10.1. The molecule has 0 saturated carbocycles. The smallest absolute Gasteiger partial charge is 0.224 e. The van der Waals surface area contributed by atoms with Crippen molar-refractivity contribution in [2.45, 2.75) is 20.0 Å². The Morgan fingerprint density at radius 2 is 1.83 bits per heavy atom. The van der Waals surface area contributed by atoms with Gasteiger partial charge < -0.3 is 10.6 Å². The molecular formula is C18H19N5. The molecule has 5 nitrogen and oxygen atoms in total. The van der Waals surface area contributed by atoms with Crippen LogP contribution in [0.5, 0.6) is 0 Å². The highest BCUT2D eigenvalue weighted by Gasteiger charge is 2.00. The number of rotatable bonds is 6. The number of anilines is 2. The fourth-order valence-electron chi connectivity index (χ4n) is 2.23. The highest BCUT2D eigenvalue weighted by molar-refractivity contribution is 5.40. The summed E-state index contributed by atoms with van der Waals surface area (Å²) in [5.41, 5.74) is 3.44. The molecule has 5 heteroatoms. The summed E-state index contributed by atoms with van der Waals surface area (Å²) in [5.74, 6) is 1.38. The van der Waals surface area contributed by atoms with Gasteiger partial charge in [-0.2, -0.15) is 4.98 Å². The number of benzene rings is 1. The Bertz CT molecular complexity index is 758. The van der Waals surface area contributed by atoms with Gasteiger partial charge in [0.2, 0.25) is 5.95 Å². The number of hydrogen-bond acceptors (Lipinski definition) is 5. The molecule has 0 aliphatic carbocycles. The molecule has 0 saturated heterocycles. The second-order valence-electron chi connectivity index (χ2n) is 5.28. The minimum Gasteiger partial charge on any atom is -0.366 e. The zero-order valence-corrected chi connectivity index (χ0v) is 13.0. The predicted octanol–water partition coefficient (Wildman–Crippen LogP) is 3.40. The van der Waals surface area contributed by atoms with Crippen LogP contribution in [0.2, 0.25) is 0 Å². The zero-order valence-electron chi connectivity index (χ0n) is 13.0. The summed E-state index contributed by atoms with van der Waals surface area (Å²) in [5, 5.41) is 6.50. The van der Waals surface area contributed by atoms with E-state index in [4.69, 9.17) is 0 Å². The SMILES string of the molecule is Cc1cccc(CNc2ccnc(NCc3ccccn3)n2)c1. The number of aryl methyl sites for hydroxylation is 1. The Hall–Kier alpha value is -2.95. The van der Waals surface area contributed by atoms with E-state index in [9.17, 15) is 0 Å². The average Bonchev–Trinajstić information content (AvgIpc) is 2.60. The van der Waals surface area contributed by atoms with Crippen LogP contribution >= 0.6 is 0 Å². The Morgan fingerprint density at radius 1 is 0.870 bits per heavy atom. The minimum absolute atomic E-state index is 0.588. The van der Waals surface area contributed by atoms with E-state index in [0.29, 0.717) is 12.5 Å². The van der Waals surface area contributed by atoms with E-state index < -0.39 is 0 Å². The van der Waals surface area contributed by atoms with Gasteiger partial charge in [-0.15, -0.1) is 0 Å². The Balaban J connectivity index is 1.59. The van der Waals surface area contributed by atoms with E-state index in [1.165, 1.54) is 11.1 Å². The lowest BCUT2D eigenvalue weighted by Gasteiger charge is -2.08. The van der Waals surface area contributed by atoms with Crippen molar-refractivity contribution in [3.05, 3.63) is 77.7 Å². The number of pyridine rings is 1. The second-order valence-corrected chi connectivity index (χ2v) is 5.28. The minimum atomic E-state index is 0.588. The lowest BCUT2D eigenvalue weighted by molar-refractivity contribution is 0.995. The van der Waals surface area contributed by atoms with Gasteiger partial charge in [0.1, 0.15) is 5.82 Å². The lowest BCUT2D eigenvalue weighted by Crippen LogP contribution is -2.07. The van der Waals surface area contributed by atoms with Crippen molar-refractivity contribution in [1.82, 2.24) is 15.0 Å². The molecule has 2 heterocycles. The molecule has 0 aliphatic heterocycles. The van der Waals surface area contributed by atoms with Crippen LogP contribution in [0.25, 0.3) is 0 Å². The molecule has 0 atom stereocenters. The third-order valence-electron chi connectivity index (χ3n) is 3.37. The summed E-state index contributed by atoms with van der Waals surface area (Å²) in [6, 6.07) is 16.1. The summed E-state index contributed by atoms with van der Waals surface area (Å²) >= 11 is 0. The number of nitrogens with zero attached hydrogens (tertiary/aromatic N) is 3. The molecule has 0 spiro atoms. The van der Waals surface area contributed by atoms with Gasteiger partial charge in [-0.25, -0.2) is 4.98 Å². The molecule has 2 N–H and O–H groups in total. The molecule has 0 radical (unpaired) electrons. The molecule has 2 aromatic heterocycles. The van der Waals surface area contributed by atoms with Gasteiger partial charge >= 0.3 is 0 Å². The molecule has 1 aromatic carbocycles. The standard InChI is InChI=1S/C18H19N5/c1-14-5-4-6-15(11-14)12-21-17-8-10-20-18(23-17)22-13-16-7-2-3-9-19-16/h2-11H,12-13H2,1H3,(H2,20,21,22,23). The maximum Gasteiger partial charge on any atom is 0.224 e. The molecule has 0 fully saturated rings. The highest BCUT2D eigenvalue weighted by atomic mass is 15.1. The van der Waals surface area contributed by atoms with Crippen molar-refractivity contribution in [3.8, 4) is 0 Å². The summed E-state index contributed by atoms with van der Waals surface area (Å²) < 4.78 is 0. The van der Waals surface area contributed by atoms with Gasteiger partial charge in [-0.05, 0) is 30.7 Å². The predicted molar refractivity (Wildman–Crippen MR) is 92.1 cm³/mol. The monoisotopic (exact) mass is 305 g/mol. The second kappa shape index (κ2) is 7.35. The fourth-order valence-corrected chi connectivity index (χ4v) is 2.23. The maximum atomic E-state index is 4.46. The third-order valence-corrected chi connectivity index (χ3v) is 3.37. The molecule has 0 bridgehead atoms. The first-order valence-electron chi connectivity index (χ1n) is 7.56. The number of nitrogens with one attached hydrogen (secondary N) is 2. The van der Waals surface area contributed by atoms with Crippen molar-refractivity contribution in [2.24, 2.45) is 0 Å². The topological polar surface area (TPSA) is 62.7 Å².